The van der Waals surface area contributed by atoms with Crippen molar-refractivity contribution in [3.05, 3.63) is 35.5 Å². The molecule has 3 aromatic rings. The largest absolute Gasteiger partial charge is 0.392 e. The number of hydrogen-bond acceptors (Lipinski definition) is 6. The molecule has 1 saturated heterocycles. The number of halogens is 1. The first-order valence-corrected chi connectivity index (χ1v) is 10.5. The lowest BCUT2D eigenvalue weighted by Crippen LogP contribution is -2.54. The predicted octanol–water partition coefficient (Wildman–Crippen LogP) is 3.39. The van der Waals surface area contributed by atoms with E-state index in [1.807, 2.05) is 41.9 Å². The van der Waals surface area contributed by atoms with Crippen molar-refractivity contribution in [3.63, 3.8) is 0 Å². The van der Waals surface area contributed by atoms with Gasteiger partial charge in [0.2, 0.25) is 10.1 Å². The van der Waals surface area contributed by atoms with E-state index in [1.54, 1.807) is 11.3 Å². The number of imidazole rings is 1. The lowest BCUT2D eigenvalue weighted by Gasteiger charge is -2.41. The van der Waals surface area contributed by atoms with Gasteiger partial charge in [-0.05, 0) is 25.5 Å². The molecule has 1 fully saturated rings. The van der Waals surface area contributed by atoms with Gasteiger partial charge >= 0.3 is 0 Å². The van der Waals surface area contributed by atoms with Gasteiger partial charge in [-0.15, -0.1) is 5.10 Å². The molecule has 6 nitrogen and oxygen atoms in total. The van der Waals surface area contributed by atoms with Gasteiger partial charge in [-0.2, -0.15) is 0 Å². The Labute approximate surface area is 168 Å². The van der Waals surface area contributed by atoms with Gasteiger partial charge in [0.25, 0.3) is 0 Å². The zero-order valence-corrected chi connectivity index (χ0v) is 17.1. The van der Waals surface area contributed by atoms with Gasteiger partial charge in [-0.25, -0.2) is 9.50 Å². The minimum Gasteiger partial charge on any atom is -0.392 e. The summed E-state index contributed by atoms with van der Waals surface area (Å²) in [5.41, 5.74) is 1.95. The molecule has 1 aliphatic rings. The zero-order valence-electron chi connectivity index (χ0n) is 15.5. The van der Waals surface area contributed by atoms with Crippen LogP contribution < -0.4 is 4.90 Å². The van der Waals surface area contributed by atoms with E-state index in [9.17, 15) is 5.11 Å². The van der Waals surface area contributed by atoms with Crippen LogP contribution in [0.4, 0.5) is 5.13 Å². The van der Waals surface area contributed by atoms with E-state index in [0.29, 0.717) is 6.04 Å². The standard InChI is InChI=1S/C19H24ClN5OS/c1-3-16-11-24(9-8-23(16)10-13(2)26)19-22-25-12-17(21-18(25)27-19)14-4-6-15(20)7-5-14/h4-7,12-13,16,26H,3,8-11H2,1-2H3. The monoisotopic (exact) mass is 405 g/mol. The first-order valence-electron chi connectivity index (χ1n) is 9.32. The summed E-state index contributed by atoms with van der Waals surface area (Å²) in [6.07, 6.45) is 2.74. The van der Waals surface area contributed by atoms with Crippen molar-refractivity contribution in [1.29, 1.82) is 0 Å². The third kappa shape index (κ3) is 3.96. The number of nitrogens with zero attached hydrogens (tertiary/aromatic N) is 5. The van der Waals surface area contributed by atoms with Gasteiger partial charge in [0.15, 0.2) is 0 Å². The van der Waals surface area contributed by atoms with Crippen LogP contribution in [0.3, 0.4) is 0 Å². The Balaban J connectivity index is 1.51. The summed E-state index contributed by atoms with van der Waals surface area (Å²) in [4.78, 5) is 10.4. The van der Waals surface area contributed by atoms with Crippen LogP contribution in [0.2, 0.25) is 5.02 Å². The third-order valence-electron chi connectivity index (χ3n) is 5.02. The molecule has 1 aliphatic heterocycles. The number of rotatable bonds is 5. The van der Waals surface area contributed by atoms with Gasteiger partial charge in [0.1, 0.15) is 0 Å². The van der Waals surface area contributed by atoms with Crippen molar-refractivity contribution < 1.29 is 5.11 Å². The Bertz CT molecular complexity index is 875. The van der Waals surface area contributed by atoms with Crippen molar-refractivity contribution in [2.24, 2.45) is 0 Å². The Morgan fingerprint density at radius 1 is 1.30 bits per heavy atom. The molecule has 0 saturated carbocycles. The van der Waals surface area contributed by atoms with Crippen LogP contribution in [0.15, 0.2) is 30.5 Å². The molecule has 0 aliphatic carbocycles. The van der Waals surface area contributed by atoms with E-state index in [1.165, 1.54) is 0 Å². The van der Waals surface area contributed by atoms with E-state index in [2.05, 4.69) is 16.7 Å². The van der Waals surface area contributed by atoms with Crippen molar-refractivity contribution in [2.45, 2.75) is 32.4 Å². The van der Waals surface area contributed by atoms with E-state index in [4.69, 9.17) is 21.7 Å². The summed E-state index contributed by atoms with van der Waals surface area (Å²) < 4.78 is 1.87. The summed E-state index contributed by atoms with van der Waals surface area (Å²) in [5, 5.41) is 16.2. The maximum Gasteiger partial charge on any atom is 0.214 e. The Hall–Kier alpha value is -1.67. The lowest BCUT2D eigenvalue weighted by molar-refractivity contribution is 0.0885. The molecule has 8 heteroatoms. The van der Waals surface area contributed by atoms with Gasteiger partial charge in [-0.1, -0.05) is 42.0 Å². The van der Waals surface area contributed by atoms with Crippen LogP contribution in [-0.2, 0) is 0 Å². The van der Waals surface area contributed by atoms with Crippen molar-refractivity contribution >= 4 is 33.0 Å². The molecular formula is C19H24ClN5OS. The summed E-state index contributed by atoms with van der Waals surface area (Å²) >= 11 is 7.59. The number of aliphatic hydroxyl groups is 1. The SMILES string of the molecule is CCC1CN(c2nn3cc(-c4ccc(Cl)cc4)nc3s2)CCN1CC(C)O. The number of aliphatic hydroxyl groups excluding tert-OH is 1. The zero-order chi connectivity index (χ0) is 19.0. The fraction of sp³-hybridized carbons (Fsp3) is 0.474. The van der Waals surface area contributed by atoms with Crippen LogP contribution in [0.25, 0.3) is 16.2 Å². The van der Waals surface area contributed by atoms with E-state index >= 15 is 0 Å². The predicted molar refractivity (Wildman–Crippen MR) is 111 cm³/mol. The molecular weight excluding hydrogens is 382 g/mol. The lowest BCUT2D eigenvalue weighted by atomic mass is 10.1. The van der Waals surface area contributed by atoms with Gasteiger partial charge < -0.3 is 10.0 Å². The maximum atomic E-state index is 9.72. The summed E-state index contributed by atoms with van der Waals surface area (Å²) in [5.74, 6) is 0. The molecule has 2 aromatic heterocycles. The molecule has 1 aromatic carbocycles. The fourth-order valence-corrected chi connectivity index (χ4v) is 4.65. The molecule has 2 unspecified atom stereocenters. The second-order valence-corrected chi connectivity index (χ2v) is 8.47. The quantitative estimate of drug-likeness (QED) is 0.705. The first kappa shape index (κ1) is 18.7. The minimum atomic E-state index is -0.292. The Morgan fingerprint density at radius 2 is 2.07 bits per heavy atom. The van der Waals surface area contributed by atoms with Crippen LogP contribution in [-0.4, -0.2) is 62.9 Å². The average Bonchev–Trinajstić information content (AvgIpc) is 3.21. The first-order chi connectivity index (χ1) is 13.0. The van der Waals surface area contributed by atoms with Gasteiger partial charge in [0.05, 0.1) is 18.0 Å². The van der Waals surface area contributed by atoms with Crippen LogP contribution in [0, 0.1) is 0 Å². The molecule has 144 valence electrons. The number of β-amino-alcohol motifs (C(OH)–C–C–N with tert-alkyl or cyclic N) is 1. The second kappa shape index (κ2) is 7.75. The summed E-state index contributed by atoms with van der Waals surface area (Å²) in [6.45, 7) is 7.59. The van der Waals surface area contributed by atoms with Crippen LogP contribution >= 0.6 is 22.9 Å². The highest BCUT2D eigenvalue weighted by Crippen LogP contribution is 2.29. The average molecular weight is 406 g/mol. The maximum absolute atomic E-state index is 9.72. The fourth-order valence-electron chi connectivity index (χ4n) is 3.61. The molecule has 27 heavy (non-hydrogen) atoms. The molecule has 0 amide bonds. The number of piperazine rings is 1. The number of fused-ring (bicyclic) bond motifs is 1. The third-order valence-corrected chi connectivity index (χ3v) is 6.25. The smallest absolute Gasteiger partial charge is 0.214 e. The molecule has 4 rings (SSSR count). The summed E-state index contributed by atoms with van der Waals surface area (Å²) in [7, 11) is 0. The highest BCUT2D eigenvalue weighted by atomic mass is 35.5. The molecule has 3 heterocycles. The van der Waals surface area contributed by atoms with Crippen LogP contribution in [0.5, 0.6) is 0 Å². The number of aromatic nitrogens is 3. The van der Waals surface area contributed by atoms with E-state index in [-0.39, 0.29) is 6.10 Å². The van der Waals surface area contributed by atoms with Crippen LogP contribution in [0.1, 0.15) is 20.3 Å². The molecule has 0 radical (unpaired) electrons. The highest BCUT2D eigenvalue weighted by molar-refractivity contribution is 7.20. The highest BCUT2D eigenvalue weighted by Gasteiger charge is 2.28. The van der Waals surface area contributed by atoms with Crippen molar-refractivity contribution in [1.82, 2.24) is 19.5 Å². The Kier molecular flexibility index (Phi) is 5.36. The number of hydrogen-bond donors (Lipinski definition) is 1. The molecule has 1 N–H and O–H groups in total. The van der Waals surface area contributed by atoms with E-state index in [0.717, 1.165) is 59.0 Å². The van der Waals surface area contributed by atoms with E-state index < -0.39 is 0 Å². The number of benzene rings is 1. The minimum absolute atomic E-state index is 0.292. The van der Waals surface area contributed by atoms with Gasteiger partial charge in [0, 0.05) is 42.8 Å². The van der Waals surface area contributed by atoms with Crippen molar-refractivity contribution in [2.75, 3.05) is 31.1 Å². The Morgan fingerprint density at radius 3 is 2.74 bits per heavy atom. The molecule has 2 atom stereocenters. The van der Waals surface area contributed by atoms with Crippen molar-refractivity contribution in [3.8, 4) is 11.3 Å². The normalized spacial score (nSPS) is 19.7. The molecule has 0 spiro atoms. The number of anilines is 1. The van der Waals surface area contributed by atoms with Gasteiger partial charge in [-0.3, -0.25) is 4.90 Å². The second-order valence-electron chi connectivity index (χ2n) is 7.10. The summed E-state index contributed by atoms with van der Waals surface area (Å²) in [6, 6.07) is 8.14. The topological polar surface area (TPSA) is 56.9 Å². The molecule has 0 bridgehead atoms.